The highest BCUT2D eigenvalue weighted by Gasteiger charge is 2.31. The molecule has 0 bridgehead atoms. The molecule has 1 aromatic rings. The van der Waals surface area contributed by atoms with Crippen LogP contribution in [0.3, 0.4) is 0 Å². The highest BCUT2D eigenvalue weighted by atomic mass is 32.2. The van der Waals surface area contributed by atoms with E-state index < -0.39 is 0 Å². The number of nitrogens with one attached hydrogen (secondary N) is 1. The predicted octanol–water partition coefficient (Wildman–Crippen LogP) is 3.59. The van der Waals surface area contributed by atoms with Crippen LogP contribution in [0.2, 0.25) is 0 Å². The molecule has 3 nitrogen and oxygen atoms in total. The van der Waals surface area contributed by atoms with Gasteiger partial charge in [-0.25, -0.2) is 0 Å². The summed E-state index contributed by atoms with van der Waals surface area (Å²) in [5.74, 6) is 2.86. The van der Waals surface area contributed by atoms with Gasteiger partial charge in [-0.3, -0.25) is 0 Å². The molecule has 1 aliphatic rings. The Hall–Kier alpha value is -0.520. The van der Waals surface area contributed by atoms with Crippen molar-refractivity contribution in [3.05, 3.63) is 23.8 Å². The number of hydrogen-bond donors (Lipinski definition) is 1. The van der Waals surface area contributed by atoms with E-state index >= 15 is 0 Å². The third-order valence-electron chi connectivity index (χ3n) is 3.99. The fourth-order valence-corrected chi connectivity index (χ4v) is 5.72. The minimum absolute atomic E-state index is 0.307. The summed E-state index contributed by atoms with van der Waals surface area (Å²) in [5, 5.41) is 5.44. The summed E-state index contributed by atoms with van der Waals surface area (Å²) in [7, 11) is 5.42. The molecule has 1 N–H and O–H groups in total. The minimum Gasteiger partial charge on any atom is -0.497 e. The molecule has 0 saturated carbocycles. The summed E-state index contributed by atoms with van der Waals surface area (Å²) in [6.45, 7) is 4.65. The highest BCUT2D eigenvalue weighted by Crippen LogP contribution is 2.42. The topological polar surface area (TPSA) is 30.5 Å². The molecule has 4 unspecified atom stereocenters. The maximum absolute atomic E-state index is 5.40. The van der Waals surface area contributed by atoms with Crippen molar-refractivity contribution in [2.24, 2.45) is 0 Å². The van der Waals surface area contributed by atoms with Gasteiger partial charge in [0.15, 0.2) is 0 Å². The van der Waals surface area contributed by atoms with Gasteiger partial charge in [0.1, 0.15) is 11.5 Å². The zero-order chi connectivity index (χ0) is 15.4. The van der Waals surface area contributed by atoms with Crippen molar-refractivity contribution in [2.75, 3.05) is 27.0 Å². The maximum Gasteiger partial charge on any atom is 0.122 e. The van der Waals surface area contributed by atoms with Gasteiger partial charge in [0.25, 0.3) is 0 Å². The van der Waals surface area contributed by atoms with Crippen LogP contribution in [0.25, 0.3) is 0 Å². The summed E-state index contributed by atoms with van der Waals surface area (Å²) in [4.78, 5) is 0. The molecule has 1 saturated heterocycles. The van der Waals surface area contributed by atoms with E-state index in [4.69, 9.17) is 9.47 Å². The van der Waals surface area contributed by atoms with E-state index in [1.807, 2.05) is 13.1 Å². The van der Waals surface area contributed by atoms with Crippen LogP contribution in [-0.2, 0) is 0 Å². The molecular formula is C16H25NO2S2. The van der Waals surface area contributed by atoms with E-state index in [2.05, 4.69) is 54.8 Å². The average Bonchev–Trinajstić information content (AvgIpc) is 2.51. The lowest BCUT2D eigenvalue weighted by atomic mass is 10.0. The number of hydrogen-bond acceptors (Lipinski definition) is 5. The van der Waals surface area contributed by atoms with E-state index in [1.165, 1.54) is 11.3 Å². The lowest BCUT2D eigenvalue weighted by Crippen LogP contribution is -2.35. The van der Waals surface area contributed by atoms with Crippen LogP contribution in [0.1, 0.15) is 25.5 Å². The Morgan fingerprint density at radius 3 is 2.19 bits per heavy atom. The summed E-state index contributed by atoms with van der Waals surface area (Å²) in [6.07, 6.45) is 0. The second kappa shape index (κ2) is 7.65. The average molecular weight is 328 g/mol. The first-order valence-corrected chi connectivity index (χ1v) is 9.25. The van der Waals surface area contributed by atoms with Crippen LogP contribution in [0.4, 0.5) is 0 Å². The van der Waals surface area contributed by atoms with Gasteiger partial charge in [0, 0.05) is 33.6 Å². The first kappa shape index (κ1) is 16.8. The number of thioether (sulfide) groups is 2. The van der Waals surface area contributed by atoms with E-state index in [1.54, 1.807) is 14.2 Å². The molecule has 21 heavy (non-hydrogen) atoms. The Balaban J connectivity index is 2.24. The molecule has 1 aliphatic heterocycles. The zero-order valence-corrected chi connectivity index (χ0v) is 15.0. The van der Waals surface area contributed by atoms with Crippen molar-refractivity contribution >= 4 is 23.5 Å². The molecule has 1 heterocycles. The molecule has 118 valence electrons. The van der Waals surface area contributed by atoms with E-state index in [-0.39, 0.29) is 0 Å². The van der Waals surface area contributed by atoms with Gasteiger partial charge < -0.3 is 14.8 Å². The Kier molecular flexibility index (Phi) is 6.14. The quantitative estimate of drug-likeness (QED) is 0.893. The van der Waals surface area contributed by atoms with Gasteiger partial charge in [-0.15, -0.1) is 0 Å². The summed E-state index contributed by atoms with van der Waals surface area (Å²) < 4.78 is 10.8. The Bertz CT molecular complexity index is 447. The lowest BCUT2D eigenvalue weighted by molar-refractivity contribution is 0.392. The Morgan fingerprint density at radius 2 is 1.71 bits per heavy atom. The normalized spacial score (nSPS) is 27.2. The van der Waals surface area contributed by atoms with Crippen LogP contribution >= 0.6 is 23.5 Å². The van der Waals surface area contributed by atoms with Gasteiger partial charge in [-0.05, 0) is 24.7 Å². The Morgan fingerprint density at radius 1 is 1.10 bits per heavy atom. The van der Waals surface area contributed by atoms with Crippen molar-refractivity contribution in [1.29, 1.82) is 0 Å². The molecule has 1 fully saturated rings. The summed E-state index contributed by atoms with van der Waals surface area (Å²) in [5.41, 5.74) is 1.23. The summed E-state index contributed by atoms with van der Waals surface area (Å²) in [6, 6.07) is 6.44. The molecule has 5 heteroatoms. The zero-order valence-electron chi connectivity index (χ0n) is 13.4. The predicted molar refractivity (Wildman–Crippen MR) is 94.1 cm³/mol. The monoisotopic (exact) mass is 327 g/mol. The first-order valence-electron chi connectivity index (χ1n) is 7.26. The first-order chi connectivity index (χ1) is 10.1. The minimum atomic E-state index is 0.307. The van der Waals surface area contributed by atoms with E-state index in [9.17, 15) is 0 Å². The number of ether oxygens (including phenoxy) is 2. The number of rotatable bonds is 5. The highest BCUT2D eigenvalue weighted by molar-refractivity contribution is 8.07. The third kappa shape index (κ3) is 4.02. The van der Waals surface area contributed by atoms with E-state index in [0.29, 0.717) is 16.5 Å². The van der Waals surface area contributed by atoms with Gasteiger partial charge in [-0.2, -0.15) is 23.5 Å². The fraction of sp³-hybridized carbons (Fsp3) is 0.625. The Labute approximate surface area is 136 Å². The number of methoxy groups -OCH3 is 2. The largest absolute Gasteiger partial charge is 0.497 e. The molecule has 1 aromatic carbocycles. The van der Waals surface area contributed by atoms with E-state index in [0.717, 1.165) is 16.7 Å². The molecular weight excluding hydrogens is 302 g/mol. The van der Waals surface area contributed by atoms with Crippen LogP contribution in [0.15, 0.2) is 18.2 Å². The molecule has 0 spiro atoms. The number of benzene rings is 1. The second-order valence-corrected chi connectivity index (χ2v) is 8.36. The van der Waals surface area contributed by atoms with Crippen LogP contribution < -0.4 is 14.8 Å². The molecule has 0 aliphatic carbocycles. The van der Waals surface area contributed by atoms with Gasteiger partial charge >= 0.3 is 0 Å². The van der Waals surface area contributed by atoms with Gasteiger partial charge in [0.05, 0.1) is 14.2 Å². The lowest BCUT2D eigenvalue weighted by Gasteiger charge is -2.36. The second-order valence-electron chi connectivity index (χ2n) is 5.33. The summed E-state index contributed by atoms with van der Waals surface area (Å²) >= 11 is 4.15. The van der Waals surface area contributed by atoms with Crippen molar-refractivity contribution in [3.63, 3.8) is 0 Å². The van der Waals surface area contributed by atoms with Crippen LogP contribution in [0.5, 0.6) is 11.5 Å². The molecule has 0 amide bonds. The molecule has 0 aromatic heterocycles. The van der Waals surface area contributed by atoms with Crippen LogP contribution in [0, 0.1) is 0 Å². The molecule has 0 radical (unpaired) electrons. The van der Waals surface area contributed by atoms with Crippen molar-refractivity contribution in [1.82, 2.24) is 5.32 Å². The fourth-order valence-electron chi connectivity index (χ4n) is 2.56. The van der Waals surface area contributed by atoms with Crippen LogP contribution in [-0.4, -0.2) is 42.8 Å². The van der Waals surface area contributed by atoms with Crippen molar-refractivity contribution < 1.29 is 9.47 Å². The standard InChI is InChI=1S/C16H25NO2S2/c1-10-11(2)21-15(9-20-10)16(17-3)12-6-13(18-4)8-14(7-12)19-5/h6-8,10-11,15-17H,9H2,1-5H3. The maximum atomic E-state index is 5.40. The van der Waals surface area contributed by atoms with Gasteiger partial charge in [-0.1, -0.05) is 13.8 Å². The molecule has 4 atom stereocenters. The molecule has 2 rings (SSSR count). The smallest absolute Gasteiger partial charge is 0.122 e. The SMILES string of the molecule is CNC(c1cc(OC)cc(OC)c1)C1CSC(C)C(C)S1. The van der Waals surface area contributed by atoms with Gasteiger partial charge in [0.2, 0.25) is 0 Å². The van der Waals surface area contributed by atoms with Crippen molar-refractivity contribution in [2.45, 2.75) is 35.6 Å². The van der Waals surface area contributed by atoms with Crippen molar-refractivity contribution in [3.8, 4) is 11.5 Å². The third-order valence-corrected chi connectivity index (χ3v) is 7.48.